The fraction of sp³-hybridized carbons (Fsp3) is 0.500. The van der Waals surface area contributed by atoms with Gasteiger partial charge in [0.05, 0.1) is 16.8 Å². The molecule has 0 aliphatic heterocycles. The van der Waals surface area contributed by atoms with Crippen molar-refractivity contribution < 1.29 is 31.5 Å². The summed E-state index contributed by atoms with van der Waals surface area (Å²) in [6.45, 7) is 0.761. The molecule has 12 heteroatoms. The van der Waals surface area contributed by atoms with Gasteiger partial charge in [0.25, 0.3) is 5.92 Å². The highest BCUT2D eigenvalue weighted by molar-refractivity contribution is 7.22. The third-order valence-corrected chi connectivity index (χ3v) is 5.50. The maximum absolute atomic E-state index is 13.6. The number of likely N-dealkylation sites (N-methyl/N-ethyl adjacent to an activating group) is 1. The van der Waals surface area contributed by atoms with Crippen LogP contribution in [0.5, 0.6) is 0 Å². The van der Waals surface area contributed by atoms with E-state index in [-0.39, 0.29) is 17.2 Å². The smallest absolute Gasteiger partial charge is 0.356 e. The highest BCUT2D eigenvalue weighted by Gasteiger charge is 2.47. The van der Waals surface area contributed by atoms with Crippen molar-refractivity contribution in [1.29, 1.82) is 0 Å². The number of hydrogen-bond donors (Lipinski definition) is 3. The molecule has 3 rings (SSSR count). The predicted octanol–water partition coefficient (Wildman–Crippen LogP) is 4.25. The van der Waals surface area contributed by atoms with Crippen molar-refractivity contribution >= 4 is 38.6 Å². The van der Waals surface area contributed by atoms with Gasteiger partial charge in [0.15, 0.2) is 11.0 Å². The van der Waals surface area contributed by atoms with Gasteiger partial charge in [0.1, 0.15) is 0 Å². The molecule has 0 bridgehead atoms. The number of aromatic nitrogens is 1. The Morgan fingerprint density at radius 1 is 1.20 bits per heavy atom. The number of hydrogen-bond acceptors (Lipinski definition) is 4. The molecule has 1 unspecified atom stereocenters. The number of rotatable bonds is 7. The Morgan fingerprint density at radius 2 is 1.90 bits per heavy atom. The van der Waals surface area contributed by atoms with Crippen LogP contribution in [0.4, 0.5) is 31.9 Å². The van der Waals surface area contributed by atoms with Gasteiger partial charge in [-0.2, -0.15) is 13.2 Å². The van der Waals surface area contributed by atoms with Gasteiger partial charge in [-0.05, 0) is 37.5 Å². The molecule has 6 nitrogen and oxygen atoms in total. The van der Waals surface area contributed by atoms with Crippen LogP contribution in [0.25, 0.3) is 10.2 Å². The van der Waals surface area contributed by atoms with Gasteiger partial charge in [0, 0.05) is 12.5 Å². The van der Waals surface area contributed by atoms with Crippen LogP contribution in [-0.2, 0) is 4.79 Å². The number of amides is 3. The van der Waals surface area contributed by atoms with E-state index in [9.17, 15) is 31.5 Å². The number of thiazole rings is 1. The van der Waals surface area contributed by atoms with Crippen LogP contribution >= 0.6 is 11.3 Å². The Balaban J connectivity index is 1.73. The molecule has 1 saturated carbocycles. The van der Waals surface area contributed by atoms with Crippen LogP contribution in [0.15, 0.2) is 18.2 Å². The first-order valence-corrected chi connectivity index (χ1v) is 10.0. The molecule has 1 fully saturated rings. The molecule has 0 spiro atoms. The summed E-state index contributed by atoms with van der Waals surface area (Å²) in [7, 11) is 0. The van der Waals surface area contributed by atoms with Gasteiger partial charge < -0.3 is 10.6 Å². The van der Waals surface area contributed by atoms with Crippen LogP contribution < -0.4 is 16.0 Å². The second-order valence-corrected chi connectivity index (χ2v) is 7.99. The van der Waals surface area contributed by atoms with Crippen LogP contribution in [0.1, 0.15) is 31.2 Å². The lowest BCUT2D eigenvalue weighted by molar-refractivity contribution is -0.164. The molecule has 2 aromatic rings. The Hall–Kier alpha value is -2.50. The molecule has 1 heterocycles. The summed E-state index contributed by atoms with van der Waals surface area (Å²) in [4.78, 5) is 27.8. The zero-order valence-electron chi connectivity index (χ0n) is 15.8. The number of carbonyl (C=O) groups is 2. The topological polar surface area (TPSA) is 83.1 Å². The van der Waals surface area contributed by atoms with E-state index in [2.05, 4.69) is 20.9 Å². The Bertz CT molecular complexity index is 942. The second kappa shape index (κ2) is 8.32. The first kappa shape index (κ1) is 22.2. The Morgan fingerprint density at radius 3 is 2.50 bits per heavy atom. The molecule has 0 radical (unpaired) electrons. The van der Waals surface area contributed by atoms with E-state index in [1.54, 1.807) is 0 Å². The average molecular weight is 450 g/mol. The molecule has 3 N–H and O–H groups in total. The van der Waals surface area contributed by atoms with Crippen LogP contribution in [0, 0.1) is 5.92 Å². The monoisotopic (exact) mass is 450 g/mol. The lowest BCUT2D eigenvalue weighted by Crippen LogP contribution is -2.40. The minimum atomic E-state index is -4.79. The number of carbonyl (C=O) groups excluding carboxylic acids is 2. The van der Waals surface area contributed by atoms with Gasteiger partial charge in [-0.3, -0.25) is 10.1 Å². The minimum absolute atomic E-state index is 0.0379. The summed E-state index contributed by atoms with van der Waals surface area (Å²) in [5, 5.41) is 6.60. The number of nitrogens with zero attached hydrogens (tertiary/aromatic N) is 1. The van der Waals surface area contributed by atoms with E-state index in [0.29, 0.717) is 23.1 Å². The van der Waals surface area contributed by atoms with Crippen molar-refractivity contribution in [1.82, 2.24) is 15.6 Å². The number of urea groups is 1. The SMILES string of the molecule is CCNC(=O)C(c1ccc2nc(NC(=O)NCC(F)(F)C3CC3)sc2c1)C(F)(F)F. The quantitative estimate of drug-likeness (QED) is 0.552. The van der Waals surface area contributed by atoms with Gasteiger partial charge in [0.2, 0.25) is 5.91 Å². The molecule has 0 saturated heterocycles. The normalized spacial score (nSPS) is 15.7. The third-order valence-electron chi connectivity index (χ3n) is 4.57. The first-order valence-electron chi connectivity index (χ1n) is 9.19. The zero-order chi connectivity index (χ0) is 22.1. The van der Waals surface area contributed by atoms with E-state index in [1.807, 2.05) is 0 Å². The molecule has 1 atom stereocenters. The summed E-state index contributed by atoms with van der Waals surface area (Å²) >= 11 is 0.875. The molecular weight excluding hydrogens is 431 g/mol. The van der Waals surface area contributed by atoms with Crippen molar-refractivity contribution in [2.45, 2.75) is 37.8 Å². The lowest BCUT2D eigenvalue weighted by Gasteiger charge is -2.19. The van der Waals surface area contributed by atoms with Crippen molar-refractivity contribution in [3.8, 4) is 0 Å². The number of alkyl halides is 5. The molecule has 1 aliphatic rings. The number of fused-ring (bicyclic) bond motifs is 1. The fourth-order valence-electron chi connectivity index (χ4n) is 2.93. The predicted molar refractivity (Wildman–Crippen MR) is 102 cm³/mol. The van der Waals surface area contributed by atoms with E-state index in [0.717, 1.165) is 17.4 Å². The fourth-order valence-corrected chi connectivity index (χ4v) is 3.84. The largest absolute Gasteiger partial charge is 0.404 e. The number of benzene rings is 1. The highest BCUT2D eigenvalue weighted by atomic mass is 32.1. The van der Waals surface area contributed by atoms with E-state index in [1.165, 1.54) is 19.1 Å². The summed E-state index contributed by atoms with van der Waals surface area (Å²) in [6.07, 6.45) is -3.94. The number of nitrogens with one attached hydrogen (secondary N) is 3. The molecule has 1 aromatic heterocycles. The summed E-state index contributed by atoms with van der Waals surface area (Å²) < 4.78 is 67.8. The van der Waals surface area contributed by atoms with Crippen molar-refractivity contribution in [2.75, 3.05) is 18.4 Å². The van der Waals surface area contributed by atoms with Crippen molar-refractivity contribution in [3.05, 3.63) is 23.8 Å². The Labute approximate surface area is 172 Å². The van der Waals surface area contributed by atoms with Crippen LogP contribution in [0.2, 0.25) is 0 Å². The minimum Gasteiger partial charge on any atom is -0.356 e. The lowest BCUT2D eigenvalue weighted by atomic mass is 9.97. The van der Waals surface area contributed by atoms with E-state index in [4.69, 9.17) is 0 Å². The molecule has 164 valence electrons. The first-order chi connectivity index (χ1) is 14.0. The second-order valence-electron chi connectivity index (χ2n) is 6.96. The van der Waals surface area contributed by atoms with Gasteiger partial charge in [-0.25, -0.2) is 18.6 Å². The van der Waals surface area contributed by atoms with Crippen LogP contribution in [0.3, 0.4) is 0 Å². The van der Waals surface area contributed by atoms with E-state index < -0.39 is 42.4 Å². The number of anilines is 1. The van der Waals surface area contributed by atoms with Crippen molar-refractivity contribution in [3.63, 3.8) is 0 Å². The zero-order valence-corrected chi connectivity index (χ0v) is 16.6. The summed E-state index contributed by atoms with van der Waals surface area (Å²) in [6, 6.07) is 2.76. The number of halogens is 5. The molecule has 1 aromatic carbocycles. The van der Waals surface area contributed by atoms with Gasteiger partial charge in [-0.1, -0.05) is 17.4 Å². The third kappa shape index (κ3) is 5.15. The molecule has 30 heavy (non-hydrogen) atoms. The van der Waals surface area contributed by atoms with Crippen LogP contribution in [-0.4, -0.2) is 42.1 Å². The standard InChI is InChI=1S/C18H19F5N4O2S/c1-2-24-14(28)13(18(21,22)23)9-3-6-11-12(7-9)30-16(26-11)27-15(29)25-8-17(19,20)10-4-5-10/h3,6-7,10,13H,2,4-5,8H2,1H3,(H,24,28)(H2,25,26,27,29). The maximum atomic E-state index is 13.6. The summed E-state index contributed by atoms with van der Waals surface area (Å²) in [5.74, 6) is -7.20. The molecular formula is C18H19F5N4O2S. The molecule has 3 amide bonds. The average Bonchev–Trinajstić information content (AvgIpc) is 3.41. The van der Waals surface area contributed by atoms with Crippen molar-refractivity contribution in [2.24, 2.45) is 5.92 Å². The molecule has 1 aliphatic carbocycles. The maximum Gasteiger partial charge on any atom is 0.404 e. The summed E-state index contributed by atoms with van der Waals surface area (Å²) in [5.41, 5.74) is 0.0452. The Kier molecular flexibility index (Phi) is 6.16. The van der Waals surface area contributed by atoms with Gasteiger partial charge in [-0.15, -0.1) is 0 Å². The highest BCUT2D eigenvalue weighted by Crippen LogP contribution is 2.43. The van der Waals surface area contributed by atoms with Gasteiger partial charge >= 0.3 is 12.2 Å². The van der Waals surface area contributed by atoms with E-state index >= 15 is 0 Å².